The number of fused-ring (bicyclic) bond motifs is 1. The molecule has 6 heteroatoms. The van der Waals surface area contributed by atoms with Gasteiger partial charge < -0.3 is 9.57 Å². The number of carbonyl (C=O) groups is 3. The Bertz CT molecular complexity index is 808. The molecule has 1 aliphatic heterocycles. The van der Waals surface area contributed by atoms with Gasteiger partial charge in [-0.05, 0) is 49.7 Å². The first-order chi connectivity index (χ1) is 11.5. The van der Waals surface area contributed by atoms with E-state index >= 15 is 0 Å². The molecule has 1 aliphatic rings. The van der Waals surface area contributed by atoms with Gasteiger partial charge in [-0.3, -0.25) is 9.59 Å². The zero-order valence-electron chi connectivity index (χ0n) is 13.2. The van der Waals surface area contributed by atoms with Gasteiger partial charge in [0.15, 0.2) is 0 Å². The Hall–Kier alpha value is -3.15. The van der Waals surface area contributed by atoms with Gasteiger partial charge >= 0.3 is 5.97 Å². The molecule has 2 aromatic carbocycles. The fourth-order valence-corrected chi connectivity index (χ4v) is 2.48. The van der Waals surface area contributed by atoms with Crippen molar-refractivity contribution in [2.45, 2.75) is 13.8 Å². The summed E-state index contributed by atoms with van der Waals surface area (Å²) in [7, 11) is 0. The lowest BCUT2D eigenvalue weighted by Gasteiger charge is -2.13. The van der Waals surface area contributed by atoms with E-state index in [-0.39, 0.29) is 16.7 Å². The van der Waals surface area contributed by atoms with Gasteiger partial charge in [0.1, 0.15) is 5.75 Å². The van der Waals surface area contributed by atoms with Crippen molar-refractivity contribution >= 4 is 17.8 Å². The highest BCUT2D eigenvalue weighted by Gasteiger charge is 2.38. The van der Waals surface area contributed by atoms with Crippen molar-refractivity contribution in [2.75, 3.05) is 6.61 Å². The summed E-state index contributed by atoms with van der Waals surface area (Å²) in [5.74, 6) is -1.41. The molecule has 2 amide bonds. The zero-order chi connectivity index (χ0) is 17.3. The van der Waals surface area contributed by atoms with Crippen molar-refractivity contribution in [3.63, 3.8) is 0 Å². The summed E-state index contributed by atoms with van der Waals surface area (Å²) < 4.78 is 5.41. The van der Waals surface area contributed by atoms with Crippen molar-refractivity contribution in [3.8, 4) is 5.75 Å². The standard InChI is InChI=1S/C18H15NO5/c1-3-23-15-9-8-12(10-11(15)2)18(22)24-19-16(20)13-6-4-5-7-14(13)17(19)21/h4-10H,3H2,1-2H3. The molecule has 0 saturated carbocycles. The number of aryl methyl sites for hydroxylation is 1. The summed E-state index contributed by atoms with van der Waals surface area (Å²) in [4.78, 5) is 41.6. The first-order valence-corrected chi connectivity index (χ1v) is 7.46. The van der Waals surface area contributed by atoms with Crippen LogP contribution in [0.25, 0.3) is 0 Å². The largest absolute Gasteiger partial charge is 0.494 e. The van der Waals surface area contributed by atoms with Crippen LogP contribution >= 0.6 is 0 Å². The van der Waals surface area contributed by atoms with Gasteiger partial charge in [-0.1, -0.05) is 17.2 Å². The Morgan fingerprint density at radius 3 is 2.21 bits per heavy atom. The van der Waals surface area contributed by atoms with Crippen LogP contribution in [-0.4, -0.2) is 29.5 Å². The highest BCUT2D eigenvalue weighted by Crippen LogP contribution is 2.24. The van der Waals surface area contributed by atoms with Crippen LogP contribution in [0.2, 0.25) is 0 Å². The molecule has 0 spiro atoms. The van der Waals surface area contributed by atoms with E-state index in [4.69, 9.17) is 9.57 Å². The molecule has 0 unspecified atom stereocenters. The summed E-state index contributed by atoms with van der Waals surface area (Å²) >= 11 is 0. The Morgan fingerprint density at radius 1 is 1.04 bits per heavy atom. The molecular weight excluding hydrogens is 310 g/mol. The predicted molar refractivity (Wildman–Crippen MR) is 84.7 cm³/mol. The predicted octanol–water partition coefficient (Wildman–Crippen LogP) is 2.76. The van der Waals surface area contributed by atoms with E-state index in [2.05, 4.69) is 0 Å². The minimum absolute atomic E-state index is 0.221. The number of benzene rings is 2. The van der Waals surface area contributed by atoms with Gasteiger partial charge in [-0.2, -0.15) is 0 Å². The van der Waals surface area contributed by atoms with Crippen LogP contribution in [-0.2, 0) is 4.84 Å². The van der Waals surface area contributed by atoms with E-state index in [0.717, 1.165) is 5.56 Å². The molecule has 6 nitrogen and oxygen atoms in total. The van der Waals surface area contributed by atoms with Gasteiger partial charge in [0.2, 0.25) is 0 Å². The first-order valence-electron chi connectivity index (χ1n) is 7.46. The molecule has 3 rings (SSSR count). The van der Waals surface area contributed by atoms with E-state index in [1.165, 1.54) is 18.2 Å². The van der Waals surface area contributed by atoms with Gasteiger partial charge in [0, 0.05) is 0 Å². The lowest BCUT2D eigenvalue weighted by Crippen LogP contribution is -2.32. The number of ether oxygens (including phenoxy) is 1. The number of nitrogens with zero attached hydrogens (tertiary/aromatic N) is 1. The third kappa shape index (κ3) is 2.62. The van der Waals surface area contributed by atoms with Crippen molar-refractivity contribution in [3.05, 3.63) is 64.7 Å². The van der Waals surface area contributed by atoms with Crippen LogP contribution in [0.15, 0.2) is 42.5 Å². The van der Waals surface area contributed by atoms with E-state index in [0.29, 0.717) is 17.4 Å². The van der Waals surface area contributed by atoms with Crippen molar-refractivity contribution in [1.29, 1.82) is 0 Å². The second kappa shape index (κ2) is 6.16. The molecule has 0 aliphatic carbocycles. The van der Waals surface area contributed by atoms with E-state index in [9.17, 15) is 14.4 Å². The van der Waals surface area contributed by atoms with Gasteiger partial charge in [-0.15, -0.1) is 0 Å². The molecule has 0 aromatic heterocycles. The number of carbonyl (C=O) groups excluding carboxylic acids is 3. The van der Waals surface area contributed by atoms with Gasteiger partial charge in [0.25, 0.3) is 11.8 Å². The minimum atomic E-state index is -0.782. The minimum Gasteiger partial charge on any atom is -0.494 e. The average Bonchev–Trinajstić information content (AvgIpc) is 2.82. The maximum absolute atomic E-state index is 12.3. The lowest BCUT2D eigenvalue weighted by atomic mass is 10.1. The third-order valence-electron chi connectivity index (χ3n) is 3.64. The second-order valence-corrected chi connectivity index (χ2v) is 5.24. The third-order valence-corrected chi connectivity index (χ3v) is 3.64. The molecule has 122 valence electrons. The van der Waals surface area contributed by atoms with Crippen LogP contribution < -0.4 is 4.74 Å². The SMILES string of the molecule is CCOc1ccc(C(=O)ON2C(=O)c3ccccc3C2=O)cc1C. The maximum atomic E-state index is 12.3. The number of hydroxylamine groups is 2. The van der Waals surface area contributed by atoms with Crippen LogP contribution in [0, 0.1) is 6.92 Å². The van der Waals surface area contributed by atoms with E-state index < -0.39 is 17.8 Å². The number of imide groups is 1. The summed E-state index contributed by atoms with van der Waals surface area (Å²) in [5, 5.41) is 0.499. The Balaban J connectivity index is 1.80. The van der Waals surface area contributed by atoms with Crippen LogP contribution in [0.4, 0.5) is 0 Å². The molecule has 0 N–H and O–H groups in total. The average molecular weight is 325 g/mol. The highest BCUT2D eigenvalue weighted by molar-refractivity contribution is 6.21. The highest BCUT2D eigenvalue weighted by atomic mass is 16.7. The fourth-order valence-electron chi connectivity index (χ4n) is 2.48. The number of hydrogen-bond acceptors (Lipinski definition) is 5. The zero-order valence-corrected chi connectivity index (χ0v) is 13.2. The van der Waals surface area contributed by atoms with Crippen LogP contribution in [0.5, 0.6) is 5.75 Å². The number of hydrogen-bond donors (Lipinski definition) is 0. The second-order valence-electron chi connectivity index (χ2n) is 5.24. The van der Waals surface area contributed by atoms with Crippen molar-refractivity contribution in [1.82, 2.24) is 5.06 Å². The molecule has 2 aromatic rings. The van der Waals surface area contributed by atoms with E-state index in [1.54, 1.807) is 31.2 Å². The normalized spacial score (nSPS) is 13.0. The smallest absolute Gasteiger partial charge is 0.363 e. The quantitative estimate of drug-likeness (QED) is 0.808. The fraction of sp³-hybridized carbons (Fsp3) is 0.167. The van der Waals surface area contributed by atoms with Crippen LogP contribution in [0.3, 0.4) is 0 Å². The van der Waals surface area contributed by atoms with Crippen molar-refractivity contribution in [2.24, 2.45) is 0 Å². The molecule has 24 heavy (non-hydrogen) atoms. The lowest BCUT2D eigenvalue weighted by molar-refractivity contribution is -0.0584. The first kappa shape index (κ1) is 15.7. The maximum Gasteiger partial charge on any atom is 0.363 e. The summed E-state index contributed by atoms with van der Waals surface area (Å²) in [6.07, 6.45) is 0. The summed E-state index contributed by atoms with van der Waals surface area (Å²) in [6.45, 7) is 4.17. The van der Waals surface area contributed by atoms with E-state index in [1.807, 2.05) is 6.92 Å². The Morgan fingerprint density at radius 2 is 1.67 bits per heavy atom. The molecule has 0 bridgehead atoms. The van der Waals surface area contributed by atoms with Crippen LogP contribution in [0.1, 0.15) is 43.6 Å². The molecule has 0 saturated heterocycles. The van der Waals surface area contributed by atoms with Gasteiger partial charge in [-0.25, -0.2) is 4.79 Å². The Kier molecular flexibility index (Phi) is 4.04. The number of amides is 2. The van der Waals surface area contributed by atoms with Crippen molar-refractivity contribution < 1.29 is 24.0 Å². The molecule has 0 radical (unpaired) electrons. The monoisotopic (exact) mass is 325 g/mol. The Labute approximate surface area is 138 Å². The summed E-state index contributed by atoms with van der Waals surface area (Å²) in [5.41, 5.74) is 1.43. The molecule has 0 fully saturated rings. The molecule has 0 atom stereocenters. The molecule has 1 heterocycles. The van der Waals surface area contributed by atoms with Gasteiger partial charge in [0.05, 0.1) is 23.3 Å². The topological polar surface area (TPSA) is 72.9 Å². The molecular formula is C18H15NO5. The number of rotatable bonds is 4. The summed E-state index contributed by atoms with van der Waals surface area (Å²) in [6, 6.07) is 11.1.